The van der Waals surface area contributed by atoms with Crippen LogP contribution in [0.3, 0.4) is 0 Å². The van der Waals surface area contributed by atoms with E-state index in [1.807, 2.05) is 18.4 Å². The fourth-order valence-electron chi connectivity index (χ4n) is 2.05. The number of halogens is 2. The van der Waals surface area contributed by atoms with E-state index < -0.39 is 0 Å². The second kappa shape index (κ2) is 6.07. The van der Waals surface area contributed by atoms with Gasteiger partial charge in [0.05, 0.1) is 23.0 Å². The van der Waals surface area contributed by atoms with E-state index in [4.69, 9.17) is 27.9 Å². The predicted octanol–water partition coefficient (Wildman–Crippen LogP) is 3.98. The van der Waals surface area contributed by atoms with E-state index in [9.17, 15) is 0 Å². The highest BCUT2D eigenvalue weighted by Gasteiger charge is 2.20. The van der Waals surface area contributed by atoms with Crippen molar-refractivity contribution in [3.05, 3.63) is 23.1 Å². The van der Waals surface area contributed by atoms with Crippen molar-refractivity contribution in [2.24, 2.45) is 0 Å². The Labute approximate surface area is 122 Å². The van der Waals surface area contributed by atoms with Gasteiger partial charge in [-0.05, 0) is 26.8 Å². The van der Waals surface area contributed by atoms with Crippen molar-refractivity contribution < 1.29 is 4.74 Å². The Hall–Kier alpha value is -0.840. The molecular formula is C13H17Cl2N3O. The zero-order chi connectivity index (χ0) is 14.0. The summed E-state index contributed by atoms with van der Waals surface area (Å²) in [6.07, 6.45) is 1.62. The van der Waals surface area contributed by atoms with Gasteiger partial charge in [-0.25, -0.2) is 9.97 Å². The van der Waals surface area contributed by atoms with E-state index in [1.165, 1.54) is 0 Å². The Morgan fingerprint density at radius 2 is 2.16 bits per heavy atom. The Bertz CT molecular complexity index is 568. The number of imidazole rings is 1. The number of fused-ring (bicyclic) bond motifs is 1. The number of nitrogens with zero attached hydrogens (tertiary/aromatic N) is 3. The lowest BCUT2D eigenvalue weighted by Gasteiger charge is -2.17. The minimum absolute atomic E-state index is 0.120. The quantitative estimate of drug-likeness (QED) is 0.784. The molecule has 0 spiro atoms. The fourth-order valence-corrected chi connectivity index (χ4v) is 2.36. The van der Waals surface area contributed by atoms with Crippen LogP contribution in [-0.4, -0.2) is 27.7 Å². The lowest BCUT2D eigenvalue weighted by Crippen LogP contribution is -2.15. The van der Waals surface area contributed by atoms with E-state index in [0.717, 1.165) is 17.0 Å². The first-order chi connectivity index (χ1) is 9.04. The predicted molar refractivity (Wildman–Crippen MR) is 78.0 cm³/mol. The SMILES string of the molecule is CCOCC(C)n1c(C(C)Cl)nc2cc(Cl)cnc21. The molecule has 0 saturated heterocycles. The molecule has 0 saturated carbocycles. The summed E-state index contributed by atoms with van der Waals surface area (Å²) in [6.45, 7) is 7.22. The Balaban J connectivity index is 2.51. The molecule has 4 nitrogen and oxygen atoms in total. The van der Waals surface area contributed by atoms with Crippen molar-refractivity contribution in [3.8, 4) is 0 Å². The van der Waals surface area contributed by atoms with Crippen molar-refractivity contribution in [1.29, 1.82) is 0 Å². The van der Waals surface area contributed by atoms with Crippen LogP contribution in [-0.2, 0) is 4.74 Å². The third-order valence-corrected chi connectivity index (χ3v) is 3.29. The smallest absolute Gasteiger partial charge is 0.160 e. The van der Waals surface area contributed by atoms with Crippen molar-refractivity contribution in [3.63, 3.8) is 0 Å². The van der Waals surface area contributed by atoms with Crippen molar-refractivity contribution in [2.75, 3.05) is 13.2 Å². The van der Waals surface area contributed by atoms with Crippen LogP contribution in [0.2, 0.25) is 5.02 Å². The van der Waals surface area contributed by atoms with Crippen LogP contribution in [0.1, 0.15) is 38.0 Å². The lowest BCUT2D eigenvalue weighted by molar-refractivity contribution is 0.119. The van der Waals surface area contributed by atoms with E-state index in [0.29, 0.717) is 18.2 Å². The summed E-state index contributed by atoms with van der Waals surface area (Å²) in [7, 11) is 0. The highest BCUT2D eigenvalue weighted by molar-refractivity contribution is 6.31. The minimum Gasteiger partial charge on any atom is -0.380 e. The zero-order valence-corrected chi connectivity index (χ0v) is 12.7. The average molecular weight is 302 g/mol. The van der Waals surface area contributed by atoms with Crippen LogP contribution in [0.15, 0.2) is 12.3 Å². The van der Waals surface area contributed by atoms with Gasteiger partial charge in [-0.2, -0.15) is 0 Å². The second-order valence-corrected chi connectivity index (χ2v) is 5.55. The molecule has 0 aliphatic heterocycles. The van der Waals surface area contributed by atoms with Crippen molar-refractivity contribution >= 4 is 34.4 Å². The standard InChI is InChI=1S/C13H17Cl2N3O/c1-4-19-7-8(2)18-12(9(3)14)17-11-5-10(15)6-16-13(11)18/h5-6,8-9H,4,7H2,1-3H3. The van der Waals surface area contributed by atoms with Crippen LogP contribution < -0.4 is 0 Å². The van der Waals surface area contributed by atoms with Crippen LogP contribution in [0.25, 0.3) is 11.2 Å². The summed E-state index contributed by atoms with van der Waals surface area (Å²) in [5, 5.41) is 0.375. The topological polar surface area (TPSA) is 39.9 Å². The van der Waals surface area contributed by atoms with E-state index >= 15 is 0 Å². The molecule has 0 fully saturated rings. The maximum atomic E-state index is 6.21. The van der Waals surface area contributed by atoms with Crippen LogP contribution >= 0.6 is 23.2 Å². The molecule has 2 unspecified atom stereocenters. The van der Waals surface area contributed by atoms with Gasteiger partial charge in [0.1, 0.15) is 11.3 Å². The highest BCUT2D eigenvalue weighted by atomic mass is 35.5. The normalized spacial score (nSPS) is 14.8. The summed E-state index contributed by atoms with van der Waals surface area (Å²) in [6, 6.07) is 1.92. The first kappa shape index (κ1) is 14.6. The second-order valence-electron chi connectivity index (χ2n) is 4.46. The van der Waals surface area contributed by atoms with Gasteiger partial charge < -0.3 is 9.30 Å². The van der Waals surface area contributed by atoms with Crippen molar-refractivity contribution in [1.82, 2.24) is 14.5 Å². The third-order valence-electron chi connectivity index (χ3n) is 2.88. The van der Waals surface area contributed by atoms with Crippen molar-refractivity contribution in [2.45, 2.75) is 32.2 Å². The third kappa shape index (κ3) is 3.02. The zero-order valence-electron chi connectivity index (χ0n) is 11.2. The molecule has 6 heteroatoms. The monoisotopic (exact) mass is 301 g/mol. The summed E-state index contributed by atoms with van der Waals surface area (Å²) < 4.78 is 7.51. The molecule has 2 rings (SSSR count). The van der Waals surface area contributed by atoms with E-state index in [-0.39, 0.29) is 11.4 Å². The van der Waals surface area contributed by atoms with Gasteiger partial charge in [0, 0.05) is 12.8 Å². The molecule has 19 heavy (non-hydrogen) atoms. The van der Waals surface area contributed by atoms with Gasteiger partial charge >= 0.3 is 0 Å². The van der Waals surface area contributed by atoms with Gasteiger partial charge in [0.2, 0.25) is 0 Å². The first-order valence-electron chi connectivity index (χ1n) is 6.29. The molecule has 2 atom stereocenters. The van der Waals surface area contributed by atoms with E-state index in [1.54, 1.807) is 12.3 Å². The molecule has 0 aliphatic carbocycles. The molecule has 2 aromatic heterocycles. The molecule has 0 aromatic carbocycles. The first-order valence-corrected chi connectivity index (χ1v) is 7.11. The number of hydrogen-bond donors (Lipinski definition) is 0. The molecule has 0 radical (unpaired) electrons. The Morgan fingerprint density at radius 3 is 2.79 bits per heavy atom. The van der Waals surface area contributed by atoms with Crippen LogP contribution in [0.5, 0.6) is 0 Å². The minimum atomic E-state index is -0.197. The number of alkyl halides is 1. The Morgan fingerprint density at radius 1 is 1.42 bits per heavy atom. The maximum absolute atomic E-state index is 6.21. The Kier molecular flexibility index (Phi) is 4.66. The number of pyridine rings is 1. The molecule has 2 aromatic rings. The van der Waals surface area contributed by atoms with Gasteiger partial charge in [-0.3, -0.25) is 0 Å². The molecule has 0 bridgehead atoms. The lowest BCUT2D eigenvalue weighted by atomic mass is 10.3. The molecule has 0 N–H and O–H groups in total. The van der Waals surface area contributed by atoms with Crippen LogP contribution in [0, 0.1) is 0 Å². The van der Waals surface area contributed by atoms with E-state index in [2.05, 4.69) is 16.9 Å². The largest absolute Gasteiger partial charge is 0.380 e. The average Bonchev–Trinajstić information content (AvgIpc) is 2.74. The summed E-state index contributed by atoms with van der Waals surface area (Å²) in [5.41, 5.74) is 1.55. The number of ether oxygens (including phenoxy) is 1. The number of aromatic nitrogens is 3. The highest BCUT2D eigenvalue weighted by Crippen LogP contribution is 2.28. The number of hydrogen-bond acceptors (Lipinski definition) is 3. The maximum Gasteiger partial charge on any atom is 0.160 e. The number of rotatable bonds is 5. The summed E-state index contributed by atoms with van der Waals surface area (Å²) in [4.78, 5) is 8.90. The summed E-state index contributed by atoms with van der Waals surface area (Å²) in [5.74, 6) is 0.790. The van der Waals surface area contributed by atoms with Crippen LogP contribution in [0.4, 0.5) is 0 Å². The van der Waals surface area contributed by atoms with Gasteiger partial charge in [-0.15, -0.1) is 11.6 Å². The molecular weight excluding hydrogens is 285 g/mol. The fraction of sp³-hybridized carbons (Fsp3) is 0.538. The van der Waals surface area contributed by atoms with Gasteiger partial charge in [0.15, 0.2) is 5.65 Å². The molecule has 104 valence electrons. The molecule has 0 amide bonds. The summed E-state index contributed by atoms with van der Waals surface area (Å²) >= 11 is 12.2. The van der Waals surface area contributed by atoms with Gasteiger partial charge in [0.25, 0.3) is 0 Å². The molecule has 2 heterocycles. The molecule has 0 aliphatic rings. The van der Waals surface area contributed by atoms with Gasteiger partial charge in [-0.1, -0.05) is 11.6 Å².